The summed E-state index contributed by atoms with van der Waals surface area (Å²) in [6.45, 7) is 0.998. The van der Waals surface area contributed by atoms with Crippen LogP contribution in [0.5, 0.6) is 5.88 Å². The number of nitrogens with two attached hydrogens (primary N) is 1. The predicted octanol–water partition coefficient (Wildman–Crippen LogP) is 1.03. The summed E-state index contributed by atoms with van der Waals surface area (Å²) in [5, 5.41) is 10.5. The van der Waals surface area contributed by atoms with Crippen LogP contribution < -0.4 is 15.8 Å². The van der Waals surface area contributed by atoms with Crippen LogP contribution in [0.25, 0.3) is 0 Å². The maximum atomic E-state index is 12.7. The van der Waals surface area contributed by atoms with Gasteiger partial charge in [-0.3, -0.25) is 0 Å². The van der Waals surface area contributed by atoms with Crippen LogP contribution in [0, 0.1) is 0 Å². The van der Waals surface area contributed by atoms with Gasteiger partial charge in [0.2, 0.25) is 15.9 Å². The second-order valence-corrected chi connectivity index (χ2v) is 8.79. The average molecular weight is 470 g/mol. The zero-order valence-electron chi connectivity index (χ0n) is 16.2. The highest BCUT2D eigenvalue weighted by atomic mass is 32.2. The molecule has 2 fully saturated rings. The van der Waals surface area contributed by atoms with Crippen LogP contribution in [0.15, 0.2) is 35.1 Å². The third kappa shape index (κ3) is 6.85. The molecule has 0 amide bonds. The lowest BCUT2D eigenvalue weighted by Crippen LogP contribution is -2.52. The fourth-order valence-electron chi connectivity index (χ4n) is 3.01. The van der Waals surface area contributed by atoms with E-state index in [1.54, 1.807) is 0 Å². The van der Waals surface area contributed by atoms with E-state index in [1.807, 2.05) is 0 Å². The third-order valence-electron chi connectivity index (χ3n) is 4.59. The van der Waals surface area contributed by atoms with Gasteiger partial charge in [0, 0.05) is 43.4 Å². The second-order valence-electron chi connectivity index (χ2n) is 6.86. The number of rotatable bonds is 6. The van der Waals surface area contributed by atoms with E-state index in [2.05, 4.69) is 10.3 Å². The average Bonchev–Trinajstić information content (AvgIpc) is 3.06. The quantitative estimate of drug-likeness (QED) is 0.525. The van der Waals surface area contributed by atoms with Crippen molar-refractivity contribution < 1.29 is 40.6 Å². The minimum absolute atomic E-state index is 0.0206. The molecule has 1 aromatic rings. The predicted molar refractivity (Wildman–Crippen MR) is 100 cm³/mol. The molecule has 9 nitrogen and oxygen atoms in total. The summed E-state index contributed by atoms with van der Waals surface area (Å²) in [5.74, 6) is -2.53. The topological polar surface area (TPSA) is 135 Å². The van der Waals surface area contributed by atoms with Crippen molar-refractivity contribution in [2.24, 2.45) is 5.73 Å². The van der Waals surface area contributed by atoms with Gasteiger partial charge in [-0.25, -0.2) is 22.6 Å². The van der Waals surface area contributed by atoms with Crippen molar-refractivity contribution in [3.63, 3.8) is 0 Å². The van der Waals surface area contributed by atoms with Crippen LogP contribution in [0.4, 0.5) is 17.6 Å². The monoisotopic (exact) mass is 470 g/mol. The van der Waals surface area contributed by atoms with Crippen molar-refractivity contribution in [1.29, 1.82) is 0 Å². The highest BCUT2D eigenvalue weighted by molar-refractivity contribution is 7.89. The van der Waals surface area contributed by atoms with Crippen LogP contribution in [0.1, 0.15) is 12.8 Å². The minimum atomic E-state index is -5.08. The Morgan fingerprint density at radius 3 is 2.32 bits per heavy atom. The summed E-state index contributed by atoms with van der Waals surface area (Å²) < 4.78 is 76.4. The maximum Gasteiger partial charge on any atom is 0.490 e. The number of carbonyl (C=O) groups is 1. The van der Waals surface area contributed by atoms with Gasteiger partial charge in [-0.2, -0.15) is 17.5 Å². The van der Waals surface area contributed by atoms with Crippen molar-refractivity contribution in [3.05, 3.63) is 30.2 Å². The van der Waals surface area contributed by atoms with Crippen LogP contribution in [-0.2, 0) is 14.8 Å². The summed E-state index contributed by atoms with van der Waals surface area (Å²) >= 11 is 0. The Kier molecular flexibility index (Phi) is 8.34. The van der Waals surface area contributed by atoms with Crippen molar-refractivity contribution >= 4 is 16.0 Å². The number of carboxylic acid groups (broad SMARTS) is 1. The maximum absolute atomic E-state index is 12.7. The van der Waals surface area contributed by atoms with Crippen LogP contribution >= 0.6 is 0 Å². The molecule has 1 aromatic heterocycles. The van der Waals surface area contributed by atoms with Gasteiger partial charge >= 0.3 is 12.1 Å². The lowest BCUT2D eigenvalue weighted by atomic mass is 10.2. The fraction of sp³-hybridized carbons (Fsp3) is 0.529. The lowest BCUT2D eigenvalue weighted by molar-refractivity contribution is -0.192. The normalized spacial score (nSPS) is 21.9. The van der Waals surface area contributed by atoms with E-state index in [0.717, 1.165) is 12.8 Å². The molecule has 0 aromatic carbocycles. The summed E-state index contributed by atoms with van der Waals surface area (Å²) in [6.07, 6.45) is -1.39. The molecular formula is C17H22F4N4O5S. The van der Waals surface area contributed by atoms with Crippen molar-refractivity contribution in [2.45, 2.75) is 36.0 Å². The number of fused-ring (bicyclic) bond motifs is 2. The largest absolute Gasteiger partial charge is 0.490 e. The molecule has 2 aliphatic heterocycles. The number of piperazine rings is 1. The molecule has 2 saturated heterocycles. The van der Waals surface area contributed by atoms with Gasteiger partial charge in [-0.1, -0.05) is 0 Å². The number of sulfonamides is 1. The number of alkyl halides is 3. The number of pyridine rings is 1. The zero-order chi connectivity index (χ0) is 23.2. The first-order valence-electron chi connectivity index (χ1n) is 9.10. The van der Waals surface area contributed by atoms with E-state index in [0.29, 0.717) is 25.0 Å². The van der Waals surface area contributed by atoms with Crippen LogP contribution in [-0.4, -0.2) is 73.3 Å². The first-order chi connectivity index (χ1) is 14.5. The number of nitrogens with zero attached hydrogens (tertiary/aromatic N) is 2. The first kappa shape index (κ1) is 25.0. The molecule has 174 valence electrons. The number of carboxylic acids is 1. The van der Waals surface area contributed by atoms with Gasteiger partial charge in [0.1, 0.15) is 11.5 Å². The highest BCUT2D eigenvalue weighted by Gasteiger charge is 2.39. The van der Waals surface area contributed by atoms with E-state index < -0.39 is 22.2 Å². The number of ether oxygens (including phenoxy) is 1. The molecule has 31 heavy (non-hydrogen) atoms. The van der Waals surface area contributed by atoms with Crippen molar-refractivity contribution in [2.75, 3.05) is 26.2 Å². The van der Waals surface area contributed by atoms with Crippen LogP contribution in [0.3, 0.4) is 0 Å². The molecule has 3 rings (SSSR count). The Morgan fingerprint density at radius 2 is 1.90 bits per heavy atom. The van der Waals surface area contributed by atoms with Gasteiger partial charge in [0.25, 0.3) is 0 Å². The Bertz CT molecular complexity index is 881. The molecule has 2 unspecified atom stereocenters. The first-order valence-corrected chi connectivity index (χ1v) is 10.5. The Hall–Kier alpha value is -2.29. The van der Waals surface area contributed by atoms with Gasteiger partial charge < -0.3 is 20.9 Å². The summed E-state index contributed by atoms with van der Waals surface area (Å²) in [4.78, 5) is 13.0. The molecule has 0 aliphatic carbocycles. The molecule has 0 spiro atoms. The number of halogens is 4. The Morgan fingerprint density at radius 1 is 1.32 bits per heavy atom. The van der Waals surface area contributed by atoms with E-state index in [1.165, 1.54) is 22.6 Å². The van der Waals surface area contributed by atoms with Gasteiger partial charge in [0.05, 0.1) is 12.5 Å². The Balaban J connectivity index is 0.000000423. The number of hydrogen-bond donors (Lipinski definition) is 3. The smallest absolute Gasteiger partial charge is 0.475 e. The number of nitrogens with one attached hydrogen (secondary N) is 1. The fourth-order valence-corrected chi connectivity index (χ4v) is 4.48. The van der Waals surface area contributed by atoms with Gasteiger partial charge in [-0.05, 0) is 18.9 Å². The lowest BCUT2D eigenvalue weighted by Gasteiger charge is -2.31. The van der Waals surface area contributed by atoms with E-state index in [9.17, 15) is 26.0 Å². The van der Waals surface area contributed by atoms with Gasteiger partial charge in [0.15, 0.2) is 0 Å². The second kappa shape index (κ2) is 10.3. The summed E-state index contributed by atoms with van der Waals surface area (Å²) in [7, 11) is -3.56. The summed E-state index contributed by atoms with van der Waals surface area (Å²) in [5.41, 5.74) is 5.64. The zero-order valence-corrected chi connectivity index (χ0v) is 17.0. The van der Waals surface area contributed by atoms with Gasteiger partial charge in [-0.15, -0.1) is 0 Å². The van der Waals surface area contributed by atoms with E-state index in [-0.39, 0.29) is 36.0 Å². The molecule has 4 N–H and O–H groups in total. The number of aliphatic carboxylic acids is 1. The highest BCUT2D eigenvalue weighted by Crippen LogP contribution is 2.25. The molecule has 0 radical (unpaired) electrons. The SMILES string of the molecule is NC/C(=C\F)COc1ccc(S(=O)(=O)N2CC3CCC(C2)N3)cn1.O=C(O)C(F)(F)F. The number of aromatic nitrogens is 1. The molecule has 2 atom stereocenters. The van der Waals surface area contributed by atoms with Crippen LogP contribution in [0.2, 0.25) is 0 Å². The van der Waals surface area contributed by atoms with Crippen molar-refractivity contribution in [3.8, 4) is 5.88 Å². The molecular weight excluding hydrogens is 448 g/mol. The molecule has 0 saturated carbocycles. The molecule has 2 aliphatic rings. The number of hydrogen-bond acceptors (Lipinski definition) is 7. The summed E-state index contributed by atoms with van der Waals surface area (Å²) in [6, 6.07) is 3.39. The molecule has 14 heteroatoms. The van der Waals surface area contributed by atoms with Crippen molar-refractivity contribution in [1.82, 2.24) is 14.6 Å². The standard InChI is InChI=1S/C15H21FN4O3S.C2HF3O2/c16-5-11(6-17)10-23-15-4-3-14(7-18-15)24(21,22)20-8-12-1-2-13(9-20)19-12;3-2(4,5)1(6)7/h3-5,7,12-13,19H,1-2,6,8-10,17H2;(H,6,7)/b11-5+;. The molecule has 2 bridgehead atoms. The minimum Gasteiger partial charge on any atom is -0.475 e. The van der Waals surface area contributed by atoms with E-state index >= 15 is 0 Å². The molecule has 3 heterocycles. The van der Waals surface area contributed by atoms with E-state index in [4.69, 9.17) is 20.4 Å². The third-order valence-corrected chi connectivity index (χ3v) is 6.41. The Labute approximate surface area is 175 Å².